The van der Waals surface area contributed by atoms with Crippen LogP contribution in [0.25, 0.3) is 0 Å². The minimum atomic E-state index is -0.649. The summed E-state index contributed by atoms with van der Waals surface area (Å²) in [5, 5.41) is 8.67. The molecule has 1 aliphatic heterocycles. The van der Waals surface area contributed by atoms with Crippen LogP contribution in [0.5, 0.6) is 0 Å². The molecule has 0 saturated carbocycles. The summed E-state index contributed by atoms with van der Waals surface area (Å²) in [6.07, 6.45) is 1.98. The normalized spacial score (nSPS) is 18.5. The number of nitriles is 1. The maximum atomic E-state index is 13.9. The van der Waals surface area contributed by atoms with Gasteiger partial charge in [-0.3, -0.25) is 0 Å². The van der Waals surface area contributed by atoms with Crippen LogP contribution in [-0.2, 0) is 0 Å². The predicted molar refractivity (Wildman–Crippen MR) is 66.3 cm³/mol. The average molecular weight is 250 g/mol. The van der Waals surface area contributed by atoms with Gasteiger partial charge in [0.05, 0.1) is 11.6 Å². The summed E-state index contributed by atoms with van der Waals surface area (Å²) in [5.41, 5.74) is 0.0807. The maximum Gasteiger partial charge on any atom is 0.150 e. The molecule has 96 valence electrons. The molecule has 0 amide bonds. The van der Waals surface area contributed by atoms with Crippen molar-refractivity contribution >= 4 is 5.69 Å². The topological polar surface area (TPSA) is 27.0 Å². The second kappa shape index (κ2) is 4.56. The lowest BCUT2D eigenvalue weighted by molar-refractivity contribution is 0.290. The van der Waals surface area contributed by atoms with Crippen LogP contribution in [0.2, 0.25) is 0 Å². The molecular weight excluding hydrogens is 234 g/mol. The largest absolute Gasteiger partial charge is 0.366 e. The van der Waals surface area contributed by atoms with Gasteiger partial charge in [0.1, 0.15) is 5.69 Å². The van der Waals surface area contributed by atoms with Gasteiger partial charge >= 0.3 is 0 Å². The Labute approximate surface area is 106 Å². The summed E-state index contributed by atoms with van der Waals surface area (Å²) >= 11 is 0. The molecule has 1 heterocycles. The van der Waals surface area contributed by atoms with Crippen molar-refractivity contribution in [3.05, 3.63) is 29.3 Å². The molecule has 0 unspecified atom stereocenters. The highest BCUT2D eigenvalue weighted by Crippen LogP contribution is 2.34. The van der Waals surface area contributed by atoms with E-state index in [2.05, 4.69) is 13.8 Å². The third-order valence-corrected chi connectivity index (χ3v) is 3.36. The first-order valence-corrected chi connectivity index (χ1v) is 6.07. The Morgan fingerprint density at radius 3 is 2.39 bits per heavy atom. The van der Waals surface area contributed by atoms with Crippen LogP contribution < -0.4 is 4.90 Å². The summed E-state index contributed by atoms with van der Waals surface area (Å²) in [7, 11) is 0. The molecule has 1 saturated heterocycles. The standard InChI is InChI=1S/C14H16F2N2/c1-14(2)4-3-5-18(9-14)13-11(15)6-10(8-17)7-12(13)16/h6-7H,3-5,9H2,1-2H3. The van der Waals surface area contributed by atoms with E-state index < -0.39 is 11.6 Å². The first-order valence-electron chi connectivity index (χ1n) is 6.07. The molecule has 0 atom stereocenters. The van der Waals surface area contributed by atoms with Crippen molar-refractivity contribution in [2.45, 2.75) is 26.7 Å². The van der Waals surface area contributed by atoms with Gasteiger partial charge in [0.25, 0.3) is 0 Å². The van der Waals surface area contributed by atoms with Gasteiger partial charge in [-0.05, 0) is 30.4 Å². The lowest BCUT2D eigenvalue weighted by Gasteiger charge is -2.39. The number of nitrogens with zero attached hydrogens (tertiary/aromatic N) is 2. The van der Waals surface area contributed by atoms with Gasteiger partial charge in [-0.15, -0.1) is 0 Å². The molecule has 1 aliphatic rings. The quantitative estimate of drug-likeness (QED) is 0.763. The van der Waals surface area contributed by atoms with Crippen LogP contribution >= 0.6 is 0 Å². The summed E-state index contributed by atoms with van der Waals surface area (Å²) in [6, 6.07) is 3.95. The van der Waals surface area contributed by atoms with E-state index in [-0.39, 0.29) is 16.7 Å². The number of benzene rings is 1. The molecule has 4 heteroatoms. The van der Waals surface area contributed by atoms with E-state index in [1.54, 1.807) is 11.0 Å². The fourth-order valence-electron chi connectivity index (χ4n) is 2.55. The van der Waals surface area contributed by atoms with Gasteiger partial charge in [0, 0.05) is 13.1 Å². The minimum absolute atomic E-state index is 0.00164. The third kappa shape index (κ3) is 2.45. The Kier molecular flexibility index (Phi) is 3.25. The fourth-order valence-corrected chi connectivity index (χ4v) is 2.55. The third-order valence-electron chi connectivity index (χ3n) is 3.36. The Balaban J connectivity index is 2.37. The lowest BCUT2D eigenvalue weighted by Crippen LogP contribution is -2.41. The van der Waals surface area contributed by atoms with Crippen LogP contribution in [0.1, 0.15) is 32.3 Å². The second-order valence-corrected chi connectivity index (χ2v) is 5.59. The molecule has 2 rings (SSSR count). The van der Waals surface area contributed by atoms with Gasteiger partial charge in [0.2, 0.25) is 0 Å². The molecule has 1 aromatic rings. The van der Waals surface area contributed by atoms with Crippen molar-refractivity contribution < 1.29 is 8.78 Å². The molecule has 0 bridgehead atoms. The van der Waals surface area contributed by atoms with Crippen LogP contribution in [0, 0.1) is 28.4 Å². The van der Waals surface area contributed by atoms with Gasteiger partial charge in [-0.2, -0.15) is 5.26 Å². The molecule has 18 heavy (non-hydrogen) atoms. The number of piperidine rings is 1. The monoisotopic (exact) mass is 250 g/mol. The molecule has 1 fully saturated rings. The highest BCUT2D eigenvalue weighted by atomic mass is 19.1. The molecular formula is C14H16F2N2. The highest BCUT2D eigenvalue weighted by Gasteiger charge is 2.29. The van der Waals surface area contributed by atoms with Gasteiger partial charge < -0.3 is 4.90 Å². The van der Waals surface area contributed by atoms with E-state index in [1.165, 1.54) is 0 Å². The average Bonchev–Trinajstić information content (AvgIpc) is 2.26. The van der Waals surface area contributed by atoms with Crippen LogP contribution in [0.3, 0.4) is 0 Å². The van der Waals surface area contributed by atoms with Crippen molar-refractivity contribution in [3.8, 4) is 6.07 Å². The zero-order valence-electron chi connectivity index (χ0n) is 10.6. The first-order chi connectivity index (χ1) is 8.43. The van der Waals surface area contributed by atoms with Crippen molar-refractivity contribution in [2.24, 2.45) is 5.41 Å². The lowest BCUT2D eigenvalue weighted by atomic mass is 9.84. The Hall–Kier alpha value is -1.63. The molecule has 2 nitrogen and oxygen atoms in total. The zero-order valence-corrected chi connectivity index (χ0v) is 10.6. The summed E-state index contributed by atoms with van der Waals surface area (Å²) in [6.45, 7) is 5.48. The first kappa shape index (κ1) is 12.8. The number of anilines is 1. The number of halogens is 2. The van der Waals surface area contributed by atoms with Crippen molar-refractivity contribution in [1.29, 1.82) is 5.26 Å². The van der Waals surface area contributed by atoms with E-state index in [4.69, 9.17) is 5.26 Å². The molecule has 1 aromatic carbocycles. The highest BCUT2D eigenvalue weighted by molar-refractivity contribution is 5.53. The zero-order chi connectivity index (χ0) is 13.3. The number of hydrogen-bond donors (Lipinski definition) is 0. The van der Waals surface area contributed by atoms with E-state index in [1.807, 2.05) is 0 Å². The van der Waals surface area contributed by atoms with E-state index in [9.17, 15) is 8.78 Å². The van der Waals surface area contributed by atoms with Crippen molar-refractivity contribution in [2.75, 3.05) is 18.0 Å². The Morgan fingerprint density at radius 1 is 1.28 bits per heavy atom. The Bertz CT molecular complexity index is 480. The smallest absolute Gasteiger partial charge is 0.150 e. The number of rotatable bonds is 1. The van der Waals surface area contributed by atoms with Gasteiger partial charge in [-0.1, -0.05) is 13.8 Å². The van der Waals surface area contributed by atoms with Crippen LogP contribution in [0.15, 0.2) is 12.1 Å². The number of hydrogen-bond acceptors (Lipinski definition) is 2. The molecule has 0 spiro atoms. The van der Waals surface area contributed by atoms with Crippen LogP contribution in [-0.4, -0.2) is 13.1 Å². The summed E-state index contributed by atoms with van der Waals surface area (Å²) in [5.74, 6) is -1.30. The van der Waals surface area contributed by atoms with Crippen LogP contribution in [0.4, 0.5) is 14.5 Å². The van der Waals surface area contributed by atoms with Crippen molar-refractivity contribution in [1.82, 2.24) is 0 Å². The molecule has 0 N–H and O–H groups in total. The van der Waals surface area contributed by atoms with Gasteiger partial charge in [0.15, 0.2) is 11.6 Å². The Morgan fingerprint density at radius 2 is 1.89 bits per heavy atom. The predicted octanol–water partition coefficient (Wildman–Crippen LogP) is 3.46. The van der Waals surface area contributed by atoms with E-state index in [0.29, 0.717) is 13.1 Å². The fraction of sp³-hybridized carbons (Fsp3) is 0.500. The molecule has 0 aromatic heterocycles. The molecule has 0 aliphatic carbocycles. The minimum Gasteiger partial charge on any atom is -0.366 e. The van der Waals surface area contributed by atoms with E-state index in [0.717, 1.165) is 25.0 Å². The van der Waals surface area contributed by atoms with Gasteiger partial charge in [-0.25, -0.2) is 8.78 Å². The molecule has 0 radical (unpaired) electrons. The summed E-state index contributed by atoms with van der Waals surface area (Å²) in [4.78, 5) is 1.75. The maximum absolute atomic E-state index is 13.9. The van der Waals surface area contributed by atoms with E-state index >= 15 is 0 Å². The second-order valence-electron chi connectivity index (χ2n) is 5.59. The SMILES string of the molecule is CC1(C)CCCN(c2c(F)cc(C#N)cc2F)C1. The summed E-state index contributed by atoms with van der Waals surface area (Å²) < 4.78 is 27.8. The van der Waals surface area contributed by atoms with Crippen molar-refractivity contribution in [3.63, 3.8) is 0 Å².